The van der Waals surface area contributed by atoms with E-state index < -0.39 is 3.93 Å². The van der Waals surface area contributed by atoms with Crippen molar-refractivity contribution in [3.8, 4) is 0 Å². The third-order valence-electron chi connectivity index (χ3n) is 0.967. The van der Waals surface area contributed by atoms with Crippen LogP contribution < -0.4 is 0 Å². The van der Waals surface area contributed by atoms with Crippen LogP contribution in [0.2, 0.25) is 6.04 Å². The topological polar surface area (TPSA) is 26.3 Å². The summed E-state index contributed by atoms with van der Waals surface area (Å²) in [5.74, 6) is -0.333. The lowest BCUT2D eigenvalue weighted by Crippen LogP contribution is -2.13. The van der Waals surface area contributed by atoms with Gasteiger partial charge in [0.1, 0.15) is 0 Å². The van der Waals surface area contributed by atoms with Gasteiger partial charge in [-0.15, -0.1) is 0 Å². The number of hydrogen-bond acceptors (Lipinski definition) is 2. The first-order valence-electron chi connectivity index (χ1n) is 3.22. The Morgan fingerprint density at radius 3 is 2.33 bits per heavy atom. The van der Waals surface area contributed by atoms with Crippen LogP contribution in [0.3, 0.4) is 0 Å². The molecule has 0 saturated carbocycles. The highest BCUT2D eigenvalue weighted by atomic mass is 80.0. The van der Waals surface area contributed by atoms with Crippen molar-refractivity contribution < 1.29 is 9.53 Å². The highest BCUT2D eigenvalue weighted by molar-refractivity contribution is 9.72. The van der Waals surface area contributed by atoms with Crippen LogP contribution in [0.1, 0.15) is 6.92 Å². The predicted octanol–water partition coefficient (Wildman–Crippen LogP) is 3.23. The molecule has 0 aliphatic rings. The van der Waals surface area contributed by atoms with Crippen molar-refractivity contribution in [3.05, 3.63) is 12.2 Å². The normalized spacial score (nSPS) is 11.0. The molecule has 0 heterocycles. The molecule has 0 saturated heterocycles. The molecular formula is C6H9Br3O2Si. The quantitative estimate of drug-likeness (QED) is 0.324. The van der Waals surface area contributed by atoms with Crippen LogP contribution in [0.15, 0.2) is 12.2 Å². The molecular weight excluding hydrogens is 372 g/mol. The van der Waals surface area contributed by atoms with E-state index in [0.29, 0.717) is 12.2 Å². The molecule has 6 heteroatoms. The minimum Gasteiger partial charge on any atom is -0.463 e. The molecule has 0 amide bonds. The van der Waals surface area contributed by atoms with Gasteiger partial charge in [-0.05, 0) is 6.92 Å². The summed E-state index contributed by atoms with van der Waals surface area (Å²) in [7, 11) is 0. The van der Waals surface area contributed by atoms with E-state index in [0.717, 1.165) is 6.04 Å². The van der Waals surface area contributed by atoms with Crippen LogP contribution in [0, 0.1) is 0 Å². The van der Waals surface area contributed by atoms with Crippen LogP contribution in [-0.4, -0.2) is 16.5 Å². The maximum atomic E-state index is 10.9. The zero-order valence-corrected chi connectivity index (χ0v) is 12.3. The first-order valence-corrected chi connectivity index (χ1v) is 12.2. The zero-order chi connectivity index (χ0) is 9.78. The van der Waals surface area contributed by atoms with Gasteiger partial charge in [-0.25, -0.2) is 4.79 Å². The number of carbonyl (C=O) groups excluding carboxylic acids is 1. The van der Waals surface area contributed by atoms with E-state index in [1.54, 1.807) is 6.92 Å². The molecule has 0 atom stereocenters. The van der Waals surface area contributed by atoms with E-state index in [-0.39, 0.29) is 5.97 Å². The molecule has 0 aromatic carbocycles. The van der Waals surface area contributed by atoms with Crippen LogP contribution in [0.25, 0.3) is 0 Å². The number of hydrogen-bond donors (Lipinski definition) is 0. The van der Waals surface area contributed by atoms with E-state index in [9.17, 15) is 4.79 Å². The Morgan fingerprint density at radius 1 is 1.50 bits per heavy atom. The third-order valence-corrected chi connectivity index (χ3v) is 5.31. The Morgan fingerprint density at radius 2 is 2.00 bits per heavy atom. The first kappa shape index (κ1) is 12.9. The molecule has 2 nitrogen and oxygen atoms in total. The van der Waals surface area contributed by atoms with Crippen LogP contribution >= 0.6 is 45.9 Å². The Kier molecular flexibility index (Phi) is 5.97. The number of esters is 1. The van der Waals surface area contributed by atoms with Crippen molar-refractivity contribution in [3.63, 3.8) is 0 Å². The van der Waals surface area contributed by atoms with Crippen molar-refractivity contribution in [1.29, 1.82) is 0 Å². The second kappa shape index (κ2) is 5.57. The van der Waals surface area contributed by atoms with Gasteiger partial charge in [0, 0.05) is 11.6 Å². The van der Waals surface area contributed by atoms with Gasteiger partial charge in [0.2, 0.25) is 0 Å². The molecule has 0 radical (unpaired) electrons. The molecule has 0 aliphatic heterocycles. The van der Waals surface area contributed by atoms with E-state index in [4.69, 9.17) is 4.74 Å². The van der Waals surface area contributed by atoms with Crippen molar-refractivity contribution >= 4 is 55.8 Å². The zero-order valence-electron chi connectivity index (χ0n) is 6.57. The maximum Gasteiger partial charge on any atom is 0.333 e. The van der Waals surface area contributed by atoms with E-state index >= 15 is 0 Å². The third kappa shape index (κ3) is 7.51. The van der Waals surface area contributed by atoms with Gasteiger partial charge in [0.05, 0.1) is 6.61 Å². The van der Waals surface area contributed by atoms with Crippen LogP contribution in [0.4, 0.5) is 0 Å². The summed E-state index contributed by atoms with van der Waals surface area (Å²) in [5, 5.41) is 0. The van der Waals surface area contributed by atoms with Gasteiger partial charge in [0.25, 0.3) is 3.93 Å². The minimum atomic E-state index is -1.63. The van der Waals surface area contributed by atoms with Crippen LogP contribution in [0.5, 0.6) is 0 Å². The number of halogens is 3. The van der Waals surface area contributed by atoms with E-state index in [1.807, 2.05) is 0 Å². The van der Waals surface area contributed by atoms with Gasteiger partial charge in [-0.2, -0.15) is 0 Å². The van der Waals surface area contributed by atoms with Crippen molar-refractivity contribution in [1.82, 2.24) is 0 Å². The first-order chi connectivity index (χ1) is 5.33. The molecule has 70 valence electrons. The molecule has 0 aliphatic carbocycles. The van der Waals surface area contributed by atoms with Gasteiger partial charge < -0.3 is 4.74 Å². The molecule has 0 N–H and O–H groups in total. The molecule has 0 unspecified atom stereocenters. The highest BCUT2D eigenvalue weighted by Crippen LogP contribution is 2.31. The summed E-state index contributed by atoms with van der Waals surface area (Å²) in [6.45, 7) is 5.50. The summed E-state index contributed by atoms with van der Waals surface area (Å²) in [4.78, 5) is 10.9. The van der Waals surface area contributed by atoms with Crippen LogP contribution in [-0.2, 0) is 9.53 Å². The largest absolute Gasteiger partial charge is 0.463 e. The number of carbonyl (C=O) groups is 1. The summed E-state index contributed by atoms with van der Waals surface area (Å²) in [6.07, 6.45) is 0. The molecule has 0 aromatic heterocycles. The molecule has 0 bridgehead atoms. The highest BCUT2D eigenvalue weighted by Gasteiger charge is 2.22. The fourth-order valence-corrected chi connectivity index (χ4v) is 2.17. The standard InChI is InChI=1S/C6H9Br3O2Si/c1-5(2)6(10)11-3-4-12(7,8)9/h1,3-4H2,2H3. The van der Waals surface area contributed by atoms with Crippen molar-refractivity contribution in [2.24, 2.45) is 0 Å². The Bertz CT molecular complexity index is 188. The lowest BCUT2D eigenvalue weighted by molar-refractivity contribution is -0.138. The number of rotatable bonds is 4. The Labute approximate surface area is 96.5 Å². The van der Waals surface area contributed by atoms with E-state index in [1.165, 1.54) is 0 Å². The molecule has 0 fully saturated rings. The van der Waals surface area contributed by atoms with Gasteiger partial charge >= 0.3 is 5.97 Å². The molecule has 0 rings (SSSR count). The number of ether oxygens (including phenoxy) is 1. The van der Waals surface area contributed by atoms with Crippen molar-refractivity contribution in [2.75, 3.05) is 6.61 Å². The second-order valence-corrected chi connectivity index (χ2v) is 25.8. The summed E-state index contributed by atoms with van der Waals surface area (Å²) >= 11 is 10.3. The Balaban J connectivity index is 3.58. The SMILES string of the molecule is C=C(C)C(=O)OCC[Si](Br)(Br)Br. The monoisotopic (exact) mass is 378 g/mol. The van der Waals surface area contributed by atoms with Crippen molar-refractivity contribution in [2.45, 2.75) is 13.0 Å². The predicted molar refractivity (Wildman–Crippen MR) is 63.1 cm³/mol. The maximum absolute atomic E-state index is 10.9. The molecule has 12 heavy (non-hydrogen) atoms. The van der Waals surface area contributed by atoms with Gasteiger partial charge in [0.15, 0.2) is 0 Å². The summed E-state index contributed by atoms with van der Waals surface area (Å²) < 4.78 is 3.26. The average Bonchev–Trinajstić information content (AvgIpc) is 1.84. The summed E-state index contributed by atoms with van der Waals surface area (Å²) in [6, 6.07) is 0.770. The second-order valence-electron chi connectivity index (χ2n) is 2.28. The molecule has 0 aromatic rings. The smallest absolute Gasteiger partial charge is 0.333 e. The fraction of sp³-hybridized carbons (Fsp3) is 0.500. The fourth-order valence-electron chi connectivity index (χ4n) is 0.383. The summed E-state index contributed by atoms with van der Waals surface area (Å²) in [5.41, 5.74) is 0.431. The average molecular weight is 381 g/mol. The lowest BCUT2D eigenvalue weighted by Gasteiger charge is -2.09. The van der Waals surface area contributed by atoms with Gasteiger partial charge in [-0.3, -0.25) is 0 Å². The van der Waals surface area contributed by atoms with E-state index in [2.05, 4.69) is 52.5 Å². The van der Waals surface area contributed by atoms with Gasteiger partial charge in [-0.1, -0.05) is 52.5 Å². The molecule has 0 spiro atoms. The minimum absolute atomic E-state index is 0.333. The lowest BCUT2D eigenvalue weighted by atomic mass is 10.4. The Hall–Kier alpha value is 0.867.